The molecule has 1 heterocycles. The summed E-state index contributed by atoms with van der Waals surface area (Å²) in [6.45, 7) is 5.05. The minimum atomic E-state index is -0.0954. The van der Waals surface area contributed by atoms with Crippen LogP contribution in [0.4, 0.5) is 0 Å². The number of nitrogens with zero attached hydrogens (tertiary/aromatic N) is 2. The number of carbonyl (C=O) groups is 1. The lowest BCUT2D eigenvalue weighted by Crippen LogP contribution is -2.32. The molecule has 0 atom stereocenters. The van der Waals surface area contributed by atoms with Crippen molar-refractivity contribution >= 4 is 21.8 Å². The highest BCUT2D eigenvalue weighted by Gasteiger charge is 2.19. The molecule has 0 fully saturated rings. The molecule has 0 unspecified atom stereocenters. The molecule has 4 nitrogen and oxygen atoms in total. The van der Waals surface area contributed by atoms with E-state index in [9.17, 15) is 4.79 Å². The summed E-state index contributed by atoms with van der Waals surface area (Å²) in [6, 6.07) is 0. The zero-order valence-electron chi connectivity index (χ0n) is 8.29. The maximum atomic E-state index is 11.8. The SMILES string of the molecule is CCN(CCBr)C(=O)c1ocnc1C. The Kier molecular flexibility index (Phi) is 4.13. The highest BCUT2D eigenvalue weighted by Crippen LogP contribution is 2.09. The van der Waals surface area contributed by atoms with Crippen LogP contribution in [0.3, 0.4) is 0 Å². The smallest absolute Gasteiger partial charge is 0.291 e. The molecule has 1 amide bonds. The monoisotopic (exact) mass is 260 g/mol. The molecular weight excluding hydrogens is 248 g/mol. The molecule has 1 rings (SSSR count). The zero-order chi connectivity index (χ0) is 10.6. The number of alkyl halides is 1. The summed E-state index contributed by atoms with van der Waals surface area (Å²) in [7, 11) is 0. The fraction of sp³-hybridized carbons (Fsp3) is 0.556. The Hall–Kier alpha value is -0.840. The second-order valence-corrected chi connectivity index (χ2v) is 3.63. The molecule has 0 aliphatic rings. The quantitative estimate of drug-likeness (QED) is 0.777. The topological polar surface area (TPSA) is 46.3 Å². The van der Waals surface area contributed by atoms with Crippen molar-refractivity contribution in [3.8, 4) is 0 Å². The Balaban J connectivity index is 2.78. The number of aromatic nitrogens is 1. The van der Waals surface area contributed by atoms with Crippen LogP contribution in [0.5, 0.6) is 0 Å². The van der Waals surface area contributed by atoms with Gasteiger partial charge >= 0.3 is 0 Å². The molecular formula is C9H13BrN2O2. The van der Waals surface area contributed by atoms with E-state index in [1.807, 2.05) is 6.92 Å². The number of amides is 1. The molecule has 0 N–H and O–H groups in total. The van der Waals surface area contributed by atoms with Crippen LogP contribution in [0.1, 0.15) is 23.2 Å². The Morgan fingerprint density at radius 3 is 2.86 bits per heavy atom. The van der Waals surface area contributed by atoms with Crippen molar-refractivity contribution < 1.29 is 9.21 Å². The molecule has 0 saturated carbocycles. The van der Waals surface area contributed by atoms with Gasteiger partial charge in [0.1, 0.15) is 0 Å². The number of hydrogen-bond acceptors (Lipinski definition) is 3. The van der Waals surface area contributed by atoms with Crippen molar-refractivity contribution in [2.24, 2.45) is 0 Å². The van der Waals surface area contributed by atoms with Crippen LogP contribution in [0.15, 0.2) is 10.8 Å². The van der Waals surface area contributed by atoms with E-state index < -0.39 is 0 Å². The Labute approximate surface area is 91.4 Å². The molecule has 78 valence electrons. The number of rotatable bonds is 4. The second-order valence-electron chi connectivity index (χ2n) is 2.84. The lowest BCUT2D eigenvalue weighted by Gasteiger charge is -2.17. The van der Waals surface area contributed by atoms with Gasteiger partial charge in [0.2, 0.25) is 5.76 Å². The van der Waals surface area contributed by atoms with Gasteiger partial charge < -0.3 is 9.32 Å². The lowest BCUT2D eigenvalue weighted by molar-refractivity contribution is 0.0742. The van der Waals surface area contributed by atoms with Crippen molar-refractivity contribution in [1.82, 2.24) is 9.88 Å². The average molecular weight is 261 g/mol. The Morgan fingerprint density at radius 1 is 1.71 bits per heavy atom. The number of hydrogen-bond donors (Lipinski definition) is 0. The molecule has 14 heavy (non-hydrogen) atoms. The van der Waals surface area contributed by atoms with E-state index >= 15 is 0 Å². The zero-order valence-corrected chi connectivity index (χ0v) is 9.87. The van der Waals surface area contributed by atoms with Crippen molar-refractivity contribution in [3.63, 3.8) is 0 Å². The summed E-state index contributed by atoms with van der Waals surface area (Å²) >= 11 is 3.30. The van der Waals surface area contributed by atoms with Crippen LogP contribution in [-0.4, -0.2) is 34.2 Å². The molecule has 0 aromatic carbocycles. The van der Waals surface area contributed by atoms with Crippen LogP contribution in [0, 0.1) is 6.92 Å². The van der Waals surface area contributed by atoms with E-state index in [2.05, 4.69) is 20.9 Å². The molecule has 0 spiro atoms. The predicted octanol–water partition coefficient (Wildman–Crippen LogP) is 1.84. The third-order valence-electron chi connectivity index (χ3n) is 1.96. The third-order valence-corrected chi connectivity index (χ3v) is 2.32. The Morgan fingerprint density at radius 2 is 2.43 bits per heavy atom. The third kappa shape index (κ3) is 2.35. The first-order chi connectivity index (χ1) is 6.70. The fourth-order valence-corrected chi connectivity index (χ4v) is 1.58. The van der Waals surface area contributed by atoms with E-state index in [0.717, 1.165) is 5.33 Å². The van der Waals surface area contributed by atoms with E-state index in [1.165, 1.54) is 6.39 Å². The highest BCUT2D eigenvalue weighted by molar-refractivity contribution is 9.09. The van der Waals surface area contributed by atoms with Gasteiger partial charge in [0.05, 0.1) is 5.69 Å². The van der Waals surface area contributed by atoms with Gasteiger partial charge in [-0.2, -0.15) is 0 Å². The second kappa shape index (κ2) is 5.14. The van der Waals surface area contributed by atoms with Gasteiger partial charge in [0.15, 0.2) is 6.39 Å². The van der Waals surface area contributed by atoms with Gasteiger partial charge in [-0.3, -0.25) is 4.79 Å². The summed E-state index contributed by atoms with van der Waals surface area (Å²) in [6.07, 6.45) is 1.30. The maximum Gasteiger partial charge on any atom is 0.291 e. The van der Waals surface area contributed by atoms with Crippen LogP contribution in [-0.2, 0) is 0 Å². The van der Waals surface area contributed by atoms with E-state index in [0.29, 0.717) is 24.5 Å². The molecule has 0 aliphatic carbocycles. The Bertz CT molecular complexity index is 312. The average Bonchev–Trinajstić information content (AvgIpc) is 2.59. The molecule has 1 aromatic heterocycles. The summed E-state index contributed by atoms with van der Waals surface area (Å²) in [5.74, 6) is 0.245. The predicted molar refractivity (Wildman–Crippen MR) is 56.6 cm³/mol. The largest absolute Gasteiger partial charge is 0.438 e. The summed E-state index contributed by atoms with van der Waals surface area (Å²) < 4.78 is 5.04. The van der Waals surface area contributed by atoms with Crippen molar-refractivity contribution in [3.05, 3.63) is 17.8 Å². The van der Waals surface area contributed by atoms with Crippen molar-refractivity contribution in [1.29, 1.82) is 0 Å². The molecule has 0 aliphatic heterocycles. The minimum absolute atomic E-state index is 0.0954. The summed E-state index contributed by atoms with van der Waals surface area (Å²) in [5, 5.41) is 0.764. The van der Waals surface area contributed by atoms with E-state index in [-0.39, 0.29) is 5.91 Å². The number of halogens is 1. The molecule has 0 radical (unpaired) electrons. The maximum absolute atomic E-state index is 11.8. The van der Waals surface area contributed by atoms with Gasteiger partial charge in [0.25, 0.3) is 5.91 Å². The van der Waals surface area contributed by atoms with Gasteiger partial charge in [-0.05, 0) is 13.8 Å². The summed E-state index contributed by atoms with van der Waals surface area (Å²) in [5.41, 5.74) is 0.642. The van der Waals surface area contributed by atoms with Crippen LogP contribution >= 0.6 is 15.9 Å². The van der Waals surface area contributed by atoms with E-state index in [4.69, 9.17) is 4.42 Å². The fourth-order valence-electron chi connectivity index (χ4n) is 1.16. The molecule has 1 aromatic rings. The van der Waals surface area contributed by atoms with E-state index in [1.54, 1.807) is 11.8 Å². The van der Waals surface area contributed by atoms with Crippen LogP contribution in [0.2, 0.25) is 0 Å². The lowest BCUT2D eigenvalue weighted by atomic mass is 10.3. The van der Waals surface area contributed by atoms with Gasteiger partial charge in [-0.25, -0.2) is 4.98 Å². The van der Waals surface area contributed by atoms with Crippen LogP contribution in [0.25, 0.3) is 0 Å². The molecule has 0 saturated heterocycles. The van der Waals surface area contributed by atoms with Gasteiger partial charge in [0, 0.05) is 18.4 Å². The minimum Gasteiger partial charge on any atom is -0.438 e. The number of aryl methyl sites for hydroxylation is 1. The van der Waals surface area contributed by atoms with Gasteiger partial charge in [-0.1, -0.05) is 15.9 Å². The summed E-state index contributed by atoms with van der Waals surface area (Å²) in [4.78, 5) is 17.4. The first-order valence-corrected chi connectivity index (χ1v) is 5.58. The highest BCUT2D eigenvalue weighted by atomic mass is 79.9. The normalized spacial score (nSPS) is 10.2. The van der Waals surface area contributed by atoms with Crippen LogP contribution < -0.4 is 0 Å². The van der Waals surface area contributed by atoms with Crippen molar-refractivity contribution in [2.45, 2.75) is 13.8 Å². The first kappa shape index (κ1) is 11.2. The number of carbonyl (C=O) groups excluding carboxylic acids is 1. The first-order valence-electron chi connectivity index (χ1n) is 4.46. The molecule has 5 heteroatoms. The van der Waals surface area contributed by atoms with Gasteiger partial charge in [-0.15, -0.1) is 0 Å². The standard InChI is InChI=1S/C9H13BrN2O2/c1-3-12(5-4-10)9(13)8-7(2)11-6-14-8/h6H,3-5H2,1-2H3. The van der Waals surface area contributed by atoms with Crippen molar-refractivity contribution in [2.75, 3.05) is 18.4 Å². The molecule has 0 bridgehead atoms. The number of oxazole rings is 1.